The number of carbonyl (C=O) groups excluding carboxylic acids is 1. The second-order valence-corrected chi connectivity index (χ2v) is 5.86. The van der Waals surface area contributed by atoms with Crippen molar-refractivity contribution in [1.82, 2.24) is 19.6 Å². The molecule has 0 radical (unpaired) electrons. The van der Waals surface area contributed by atoms with Crippen LogP contribution in [-0.2, 0) is 7.05 Å². The van der Waals surface area contributed by atoms with Gasteiger partial charge < -0.3 is 10.0 Å². The molecule has 0 saturated carbocycles. The maximum atomic E-state index is 12.4. The van der Waals surface area contributed by atoms with Crippen LogP contribution in [0.4, 0.5) is 0 Å². The van der Waals surface area contributed by atoms with Gasteiger partial charge in [-0.05, 0) is 11.6 Å². The Bertz CT molecular complexity index is 648. The van der Waals surface area contributed by atoms with Gasteiger partial charge in [0.1, 0.15) is 5.69 Å². The lowest BCUT2D eigenvalue weighted by Gasteiger charge is -2.35. The molecule has 1 aromatic carbocycles. The maximum absolute atomic E-state index is 12.4. The molecule has 0 aliphatic carbocycles. The van der Waals surface area contributed by atoms with Gasteiger partial charge in [0.15, 0.2) is 0 Å². The number of β-amino-alcohol motifs (C(OH)–C–C–N with tert-alkyl or cyclic N) is 1. The summed E-state index contributed by atoms with van der Waals surface area (Å²) >= 11 is 0. The molecule has 1 aliphatic heterocycles. The van der Waals surface area contributed by atoms with Crippen LogP contribution in [0.5, 0.6) is 0 Å². The van der Waals surface area contributed by atoms with Crippen LogP contribution < -0.4 is 0 Å². The zero-order valence-corrected chi connectivity index (χ0v) is 13.3. The van der Waals surface area contributed by atoms with Gasteiger partial charge in [0.05, 0.1) is 6.10 Å². The van der Waals surface area contributed by atoms with Gasteiger partial charge in [0.2, 0.25) is 0 Å². The second-order valence-electron chi connectivity index (χ2n) is 5.86. The molecule has 6 heteroatoms. The Labute approximate surface area is 135 Å². The number of hydrogen-bond donors (Lipinski definition) is 1. The van der Waals surface area contributed by atoms with E-state index in [-0.39, 0.29) is 5.91 Å². The molecule has 1 aliphatic rings. The first-order valence-electron chi connectivity index (χ1n) is 7.88. The van der Waals surface area contributed by atoms with Gasteiger partial charge >= 0.3 is 0 Å². The number of piperazine rings is 1. The largest absolute Gasteiger partial charge is 0.387 e. The van der Waals surface area contributed by atoms with E-state index in [1.165, 1.54) is 0 Å². The Kier molecular flexibility index (Phi) is 4.73. The summed E-state index contributed by atoms with van der Waals surface area (Å²) in [6.07, 6.45) is 1.15. The molecule has 1 amide bonds. The summed E-state index contributed by atoms with van der Waals surface area (Å²) in [7, 11) is 1.78. The molecule has 2 aromatic rings. The predicted octanol–water partition coefficient (Wildman–Crippen LogP) is 0.911. The van der Waals surface area contributed by atoms with Crippen molar-refractivity contribution in [3.63, 3.8) is 0 Å². The average Bonchev–Trinajstić information content (AvgIpc) is 3.02. The first kappa shape index (κ1) is 15.7. The Morgan fingerprint density at radius 3 is 2.48 bits per heavy atom. The van der Waals surface area contributed by atoms with Crippen molar-refractivity contribution in [3.8, 4) is 0 Å². The quantitative estimate of drug-likeness (QED) is 0.911. The van der Waals surface area contributed by atoms with Crippen LogP contribution in [0.3, 0.4) is 0 Å². The standard InChI is InChI=1S/C17H22N4O2/c1-19-15(7-8-18-19)17(23)21-11-9-20(10-12-21)13-16(22)14-5-3-2-4-6-14/h2-8,16,22H,9-13H2,1H3. The minimum absolute atomic E-state index is 0.0215. The van der Waals surface area contributed by atoms with E-state index in [1.54, 1.807) is 24.0 Å². The van der Waals surface area contributed by atoms with Gasteiger partial charge in [-0.1, -0.05) is 30.3 Å². The molecule has 1 aromatic heterocycles. The molecule has 1 fully saturated rings. The monoisotopic (exact) mass is 314 g/mol. The lowest BCUT2D eigenvalue weighted by Crippen LogP contribution is -2.49. The Hall–Kier alpha value is -2.18. The number of benzene rings is 1. The van der Waals surface area contributed by atoms with Crippen molar-refractivity contribution in [3.05, 3.63) is 53.9 Å². The molecule has 1 atom stereocenters. The highest BCUT2D eigenvalue weighted by molar-refractivity contribution is 5.92. The third-order valence-electron chi connectivity index (χ3n) is 4.32. The SMILES string of the molecule is Cn1nccc1C(=O)N1CCN(CC(O)c2ccccc2)CC1. The molecule has 1 N–H and O–H groups in total. The van der Waals surface area contributed by atoms with Crippen LogP contribution in [0.1, 0.15) is 22.2 Å². The van der Waals surface area contributed by atoms with E-state index in [1.807, 2.05) is 35.2 Å². The zero-order chi connectivity index (χ0) is 16.2. The van der Waals surface area contributed by atoms with E-state index in [9.17, 15) is 9.90 Å². The van der Waals surface area contributed by atoms with Gasteiger partial charge in [0, 0.05) is 46.0 Å². The first-order valence-corrected chi connectivity index (χ1v) is 7.88. The third-order valence-corrected chi connectivity index (χ3v) is 4.32. The summed E-state index contributed by atoms with van der Waals surface area (Å²) in [5.74, 6) is 0.0215. The van der Waals surface area contributed by atoms with Crippen LogP contribution >= 0.6 is 0 Å². The van der Waals surface area contributed by atoms with E-state index in [4.69, 9.17) is 0 Å². The molecule has 6 nitrogen and oxygen atoms in total. The van der Waals surface area contributed by atoms with Gasteiger partial charge in [-0.25, -0.2) is 0 Å². The van der Waals surface area contributed by atoms with E-state index in [0.29, 0.717) is 25.3 Å². The summed E-state index contributed by atoms with van der Waals surface area (Å²) in [4.78, 5) is 16.5. The number of hydrogen-bond acceptors (Lipinski definition) is 4. The molecule has 1 unspecified atom stereocenters. The highest BCUT2D eigenvalue weighted by Crippen LogP contribution is 2.15. The van der Waals surface area contributed by atoms with Gasteiger partial charge in [-0.2, -0.15) is 5.10 Å². The predicted molar refractivity (Wildman–Crippen MR) is 87.0 cm³/mol. The lowest BCUT2D eigenvalue weighted by atomic mass is 10.1. The van der Waals surface area contributed by atoms with Crippen molar-refractivity contribution in [2.45, 2.75) is 6.10 Å². The number of aryl methyl sites for hydroxylation is 1. The van der Waals surface area contributed by atoms with Crippen LogP contribution in [0.25, 0.3) is 0 Å². The number of rotatable bonds is 4. The fraction of sp³-hybridized carbons (Fsp3) is 0.412. The van der Waals surface area contributed by atoms with Gasteiger partial charge in [-0.15, -0.1) is 0 Å². The highest BCUT2D eigenvalue weighted by atomic mass is 16.3. The van der Waals surface area contributed by atoms with Crippen LogP contribution in [-0.4, -0.2) is 63.3 Å². The summed E-state index contributed by atoms with van der Waals surface area (Å²) in [6, 6.07) is 11.4. The Morgan fingerprint density at radius 1 is 1.17 bits per heavy atom. The first-order chi connectivity index (χ1) is 11.1. The smallest absolute Gasteiger partial charge is 0.272 e. The molecule has 2 heterocycles. The number of aromatic nitrogens is 2. The van der Waals surface area contributed by atoms with Crippen molar-refractivity contribution in [2.24, 2.45) is 7.05 Å². The summed E-state index contributed by atoms with van der Waals surface area (Å²) in [6.45, 7) is 3.48. The minimum Gasteiger partial charge on any atom is -0.387 e. The van der Waals surface area contributed by atoms with Crippen molar-refractivity contribution in [2.75, 3.05) is 32.7 Å². The third kappa shape index (κ3) is 3.60. The number of carbonyl (C=O) groups is 1. The fourth-order valence-electron chi connectivity index (χ4n) is 2.90. The van der Waals surface area contributed by atoms with Crippen LogP contribution in [0.2, 0.25) is 0 Å². The normalized spacial score (nSPS) is 17.2. The van der Waals surface area contributed by atoms with E-state index >= 15 is 0 Å². The Morgan fingerprint density at radius 2 is 1.87 bits per heavy atom. The average molecular weight is 314 g/mol. The zero-order valence-electron chi connectivity index (χ0n) is 13.3. The molecule has 23 heavy (non-hydrogen) atoms. The fourth-order valence-corrected chi connectivity index (χ4v) is 2.90. The maximum Gasteiger partial charge on any atom is 0.272 e. The van der Waals surface area contributed by atoms with Gasteiger partial charge in [0.25, 0.3) is 5.91 Å². The number of amides is 1. The summed E-state index contributed by atoms with van der Waals surface area (Å²) in [5, 5.41) is 14.3. The van der Waals surface area contributed by atoms with Crippen LogP contribution in [0, 0.1) is 0 Å². The van der Waals surface area contributed by atoms with Gasteiger partial charge in [-0.3, -0.25) is 14.4 Å². The molecule has 1 saturated heterocycles. The molecule has 0 spiro atoms. The van der Waals surface area contributed by atoms with E-state index in [0.717, 1.165) is 18.7 Å². The van der Waals surface area contributed by atoms with E-state index < -0.39 is 6.10 Å². The molecular weight excluding hydrogens is 292 g/mol. The molecule has 122 valence electrons. The van der Waals surface area contributed by atoms with Crippen molar-refractivity contribution in [1.29, 1.82) is 0 Å². The van der Waals surface area contributed by atoms with Crippen molar-refractivity contribution < 1.29 is 9.90 Å². The second kappa shape index (κ2) is 6.93. The number of aliphatic hydroxyl groups excluding tert-OH is 1. The van der Waals surface area contributed by atoms with E-state index in [2.05, 4.69) is 10.00 Å². The minimum atomic E-state index is -0.490. The highest BCUT2D eigenvalue weighted by Gasteiger charge is 2.25. The molecule has 0 bridgehead atoms. The topological polar surface area (TPSA) is 61.6 Å². The number of aliphatic hydroxyl groups is 1. The summed E-state index contributed by atoms with van der Waals surface area (Å²) < 4.78 is 1.61. The molecule has 3 rings (SSSR count). The Balaban J connectivity index is 1.53. The summed E-state index contributed by atoms with van der Waals surface area (Å²) in [5.41, 5.74) is 1.55. The van der Waals surface area contributed by atoms with Crippen molar-refractivity contribution >= 4 is 5.91 Å². The lowest BCUT2D eigenvalue weighted by molar-refractivity contribution is 0.0519. The van der Waals surface area contributed by atoms with Crippen LogP contribution in [0.15, 0.2) is 42.6 Å². The number of nitrogens with zero attached hydrogens (tertiary/aromatic N) is 4. The molecular formula is C17H22N4O2.